The third-order valence-corrected chi connectivity index (χ3v) is 4.98. The fraction of sp³-hybridized carbons (Fsp3) is 0.350. The maximum atomic E-state index is 11.0. The van der Waals surface area contributed by atoms with E-state index in [1.165, 1.54) is 11.3 Å². The summed E-state index contributed by atoms with van der Waals surface area (Å²) in [5.74, 6) is -0.737. The van der Waals surface area contributed by atoms with E-state index in [0.29, 0.717) is 12.6 Å². The number of carboxylic acid groups (broad SMARTS) is 1. The number of anilines is 1. The molecule has 4 nitrogen and oxygen atoms in total. The minimum absolute atomic E-state index is 0.187. The van der Waals surface area contributed by atoms with Crippen LogP contribution in [-0.4, -0.2) is 48.2 Å². The summed E-state index contributed by atoms with van der Waals surface area (Å²) in [6.07, 6.45) is 1.11. The van der Waals surface area contributed by atoms with Crippen molar-refractivity contribution in [1.82, 2.24) is 4.90 Å². The van der Waals surface area contributed by atoms with Crippen molar-refractivity contribution in [3.8, 4) is 0 Å². The zero-order valence-corrected chi connectivity index (χ0v) is 14.9. The van der Waals surface area contributed by atoms with Gasteiger partial charge in [-0.2, -0.15) is 0 Å². The van der Waals surface area contributed by atoms with E-state index in [9.17, 15) is 4.79 Å². The van der Waals surface area contributed by atoms with Gasteiger partial charge in [0.2, 0.25) is 0 Å². The van der Waals surface area contributed by atoms with Crippen molar-refractivity contribution in [1.29, 1.82) is 0 Å². The van der Waals surface area contributed by atoms with Gasteiger partial charge in [-0.15, -0.1) is 0 Å². The molecule has 132 valence electrons. The minimum atomic E-state index is -0.737. The summed E-state index contributed by atoms with van der Waals surface area (Å²) in [7, 11) is 0. The van der Waals surface area contributed by atoms with Gasteiger partial charge in [0.05, 0.1) is 6.42 Å². The van der Waals surface area contributed by atoms with Gasteiger partial charge in [-0.05, 0) is 36.2 Å². The molecule has 5 heteroatoms. The number of hydrogen-bond acceptors (Lipinski definition) is 3. The molecule has 0 aliphatic carbocycles. The monoisotopic (exact) mass is 358 g/mol. The molecule has 3 rings (SSSR count). The van der Waals surface area contributed by atoms with Gasteiger partial charge in [-0.1, -0.05) is 41.9 Å². The van der Waals surface area contributed by atoms with Crippen molar-refractivity contribution in [2.45, 2.75) is 18.9 Å². The molecular formula is C20H23ClN2O2. The van der Waals surface area contributed by atoms with Crippen LogP contribution in [0.1, 0.15) is 12.0 Å². The summed E-state index contributed by atoms with van der Waals surface area (Å²) in [4.78, 5) is 15.7. The van der Waals surface area contributed by atoms with Gasteiger partial charge in [0.15, 0.2) is 0 Å². The van der Waals surface area contributed by atoms with E-state index in [0.717, 1.165) is 31.1 Å². The smallest absolute Gasteiger partial charge is 0.304 e. The lowest BCUT2D eigenvalue weighted by molar-refractivity contribution is -0.137. The molecule has 1 aliphatic rings. The van der Waals surface area contributed by atoms with Crippen LogP contribution in [0.2, 0.25) is 5.02 Å². The molecule has 0 amide bonds. The van der Waals surface area contributed by atoms with Gasteiger partial charge in [-0.25, -0.2) is 0 Å². The molecule has 1 fully saturated rings. The molecule has 2 aromatic rings. The molecule has 1 aliphatic heterocycles. The van der Waals surface area contributed by atoms with Crippen LogP contribution < -0.4 is 4.90 Å². The molecule has 0 spiro atoms. The highest BCUT2D eigenvalue weighted by atomic mass is 35.5. The number of nitrogens with zero attached hydrogens (tertiary/aromatic N) is 2. The average molecular weight is 359 g/mol. The summed E-state index contributed by atoms with van der Waals surface area (Å²) in [5.41, 5.74) is 2.45. The molecule has 1 N–H and O–H groups in total. The molecule has 1 saturated heterocycles. The highest BCUT2D eigenvalue weighted by Gasteiger charge is 2.27. The Hall–Kier alpha value is -2.04. The lowest BCUT2D eigenvalue weighted by atomic mass is 10.0. The Kier molecular flexibility index (Phi) is 5.95. The van der Waals surface area contributed by atoms with E-state index < -0.39 is 5.97 Å². The summed E-state index contributed by atoms with van der Waals surface area (Å²) < 4.78 is 0. The van der Waals surface area contributed by atoms with Gasteiger partial charge in [0, 0.05) is 42.9 Å². The Bertz CT molecular complexity index is 691. The predicted molar refractivity (Wildman–Crippen MR) is 101 cm³/mol. The number of rotatable bonds is 6. The first-order valence-electron chi connectivity index (χ1n) is 8.62. The number of carbonyl (C=O) groups is 1. The maximum absolute atomic E-state index is 11.0. The third-order valence-electron chi connectivity index (χ3n) is 4.72. The lowest BCUT2D eigenvalue weighted by Crippen LogP contribution is -2.54. The van der Waals surface area contributed by atoms with Crippen molar-refractivity contribution >= 4 is 23.3 Å². The van der Waals surface area contributed by atoms with E-state index in [-0.39, 0.29) is 6.42 Å². The van der Waals surface area contributed by atoms with Crippen LogP contribution in [0.25, 0.3) is 0 Å². The summed E-state index contributed by atoms with van der Waals surface area (Å²) in [6.45, 7) is 3.25. The maximum Gasteiger partial charge on any atom is 0.304 e. The van der Waals surface area contributed by atoms with E-state index in [1.807, 2.05) is 18.2 Å². The molecule has 0 radical (unpaired) electrons. The zero-order valence-electron chi connectivity index (χ0n) is 14.1. The van der Waals surface area contributed by atoms with Gasteiger partial charge >= 0.3 is 5.97 Å². The average Bonchev–Trinajstić information content (AvgIpc) is 2.62. The highest BCUT2D eigenvalue weighted by molar-refractivity contribution is 6.30. The van der Waals surface area contributed by atoms with Gasteiger partial charge in [0.25, 0.3) is 0 Å². The summed E-state index contributed by atoms with van der Waals surface area (Å²) in [6, 6.07) is 18.6. The van der Waals surface area contributed by atoms with Crippen LogP contribution >= 0.6 is 11.6 Å². The highest BCUT2D eigenvalue weighted by Crippen LogP contribution is 2.23. The Balaban J connectivity index is 1.73. The number of piperazine rings is 1. The predicted octanol–water partition coefficient (Wildman–Crippen LogP) is 3.55. The quantitative estimate of drug-likeness (QED) is 0.857. The number of carboxylic acids is 1. The van der Waals surface area contributed by atoms with Crippen LogP contribution in [-0.2, 0) is 11.2 Å². The Morgan fingerprint density at radius 2 is 1.80 bits per heavy atom. The molecule has 2 aromatic carbocycles. The standard InChI is InChI=1S/C20H23ClN2O2/c21-17-6-8-18(9-7-17)23-13-12-22(11-10-20(24)25)19(15-23)14-16-4-2-1-3-5-16/h1-9,19H,10-15H2,(H,24,25). The first-order chi connectivity index (χ1) is 12.1. The minimum Gasteiger partial charge on any atom is -0.481 e. The zero-order chi connectivity index (χ0) is 17.6. The van der Waals surface area contributed by atoms with Crippen molar-refractivity contribution in [3.05, 3.63) is 65.2 Å². The number of hydrogen-bond donors (Lipinski definition) is 1. The first kappa shape index (κ1) is 17.8. The summed E-state index contributed by atoms with van der Waals surface area (Å²) >= 11 is 6.00. The largest absolute Gasteiger partial charge is 0.481 e. The van der Waals surface area contributed by atoms with E-state index in [2.05, 4.69) is 46.2 Å². The number of aliphatic carboxylic acids is 1. The SMILES string of the molecule is O=C(O)CCN1CCN(c2ccc(Cl)cc2)CC1Cc1ccccc1. The second kappa shape index (κ2) is 8.37. The molecule has 1 atom stereocenters. The van der Waals surface area contributed by atoms with E-state index >= 15 is 0 Å². The second-order valence-electron chi connectivity index (χ2n) is 6.45. The Labute approximate surface area is 153 Å². The fourth-order valence-electron chi connectivity index (χ4n) is 3.39. The topological polar surface area (TPSA) is 43.8 Å². The van der Waals surface area contributed by atoms with Crippen LogP contribution in [0.15, 0.2) is 54.6 Å². The van der Waals surface area contributed by atoms with Crippen LogP contribution in [0.5, 0.6) is 0 Å². The van der Waals surface area contributed by atoms with Crippen LogP contribution in [0, 0.1) is 0 Å². The van der Waals surface area contributed by atoms with E-state index in [1.54, 1.807) is 0 Å². The van der Waals surface area contributed by atoms with Gasteiger partial charge < -0.3 is 10.0 Å². The van der Waals surface area contributed by atoms with Gasteiger partial charge in [0.1, 0.15) is 0 Å². The lowest BCUT2D eigenvalue weighted by Gasteiger charge is -2.42. The second-order valence-corrected chi connectivity index (χ2v) is 6.88. The Morgan fingerprint density at radius 1 is 1.08 bits per heavy atom. The fourth-order valence-corrected chi connectivity index (χ4v) is 3.52. The van der Waals surface area contributed by atoms with Crippen molar-refractivity contribution in [2.75, 3.05) is 31.1 Å². The molecular weight excluding hydrogens is 336 g/mol. The number of benzene rings is 2. The molecule has 0 bridgehead atoms. The first-order valence-corrected chi connectivity index (χ1v) is 9.00. The van der Waals surface area contributed by atoms with Crippen LogP contribution in [0.3, 0.4) is 0 Å². The Morgan fingerprint density at radius 3 is 2.48 bits per heavy atom. The molecule has 1 unspecified atom stereocenters. The molecule has 0 saturated carbocycles. The molecule has 25 heavy (non-hydrogen) atoms. The third kappa shape index (κ3) is 4.97. The number of halogens is 1. The van der Waals surface area contributed by atoms with E-state index in [4.69, 9.17) is 16.7 Å². The molecule has 1 heterocycles. The van der Waals surface area contributed by atoms with Crippen molar-refractivity contribution in [2.24, 2.45) is 0 Å². The summed E-state index contributed by atoms with van der Waals surface area (Å²) in [5, 5.41) is 9.77. The van der Waals surface area contributed by atoms with Crippen molar-refractivity contribution in [3.63, 3.8) is 0 Å². The normalized spacial score (nSPS) is 18.3. The van der Waals surface area contributed by atoms with Gasteiger partial charge in [-0.3, -0.25) is 9.69 Å². The molecule has 0 aromatic heterocycles. The van der Waals surface area contributed by atoms with Crippen LogP contribution in [0.4, 0.5) is 5.69 Å². The van der Waals surface area contributed by atoms with Crippen molar-refractivity contribution < 1.29 is 9.90 Å².